The number of likely N-dealkylation sites (tertiary alicyclic amines) is 1. The Labute approximate surface area is 140 Å². The fraction of sp³-hybridized carbons (Fsp3) is 0.316. The Morgan fingerprint density at radius 1 is 1.26 bits per heavy atom. The van der Waals surface area contributed by atoms with Crippen molar-refractivity contribution in [3.63, 3.8) is 0 Å². The van der Waals surface area contributed by atoms with E-state index in [1.807, 2.05) is 0 Å². The van der Waals surface area contributed by atoms with Gasteiger partial charge in [0, 0.05) is 18.2 Å². The maximum Gasteiger partial charge on any atom is 0.226 e. The molecule has 1 aromatic carbocycles. The predicted molar refractivity (Wildman–Crippen MR) is 93.4 cm³/mol. The third kappa shape index (κ3) is 3.09. The summed E-state index contributed by atoms with van der Waals surface area (Å²) in [6.07, 6.45) is 4.29. The van der Waals surface area contributed by atoms with Gasteiger partial charge in [-0.3, -0.25) is 4.90 Å². The number of benzene rings is 1. The van der Waals surface area contributed by atoms with Crippen LogP contribution in [0.4, 0.5) is 0 Å². The molecule has 0 amide bonds. The van der Waals surface area contributed by atoms with Gasteiger partial charge in [-0.05, 0) is 60.8 Å². The number of aryl methyl sites for hydroxylation is 1. The third-order valence-corrected chi connectivity index (χ3v) is 5.21. The second-order valence-electron chi connectivity index (χ2n) is 6.20. The van der Waals surface area contributed by atoms with Crippen LogP contribution in [0.3, 0.4) is 0 Å². The summed E-state index contributed by atoms with van der Waals surface area (Å²) >= 11 is 1.78. The fourth-order valence-electron chi connectivity index (χ4n) is 3.27. The van der Waals surface area contributed by atoms with Crippen molar-refractivity contribution in [2.24, 2.45) is 0 Å². The van der Waals surface area contributed by atoms with E-state index in [2.05, 4.69) is 57.9 Å². The van der Waals surface area contributed by atoms with Gasteiger partial charge >= 0.3 is 0 Å². The van der Waals surface area contributed by atoms with E-state index in [9.17, 15) is 0 Å². The van der Waals surface area contributed by atoms with Crippen molar-refractivity contribution in [3.8, 4) is 11.5 Å². The van der Waals surface area contributed by atoms with E-state index in [0.29, 0.717) is 11.9 Å². The Morgan fingerprint density at radius 3 is 2.91 bits per heavy atom. The zero-order valence-corrected chi connectivity index (χ0v) is 14.1. The summed E-state index contributed by atoms with van der Waals surface area (Å²) in [6.45, 7) is 4.08. The van der Waals surface area contributed by atoms with Crippen molar-refractivity contribution in [2.45, 2.75) is 32.4 Å². The number of rotatable bonds is 4. The van der Waals surface area contributed by atoms with Gasteiger partial charge in [-0.1, -0.05) is 17.7 Å². The molecule has 3 nitrogen and oxygen atoms in total. The minimum absolute atomic E-state index is 0.528. The molecule has 23 heavy (non-hydrogen) atoms. The molecule has 1 saturated heterocycles. The molecule has 1 aliphatic heterocycles. The van der Waals surface area contributed by atoms with Gasteiger partial charge < -0.3 is 4.42 Å². The highest BCUT2D eigenvalue weighted by Gasteiger charge is 2.27. The minimum atomic E-state index is 0.528. The molecule has 0 saturated carbocycles. The highest BCUT2D eigenvalue weighted by Crippen LogP contribution is 2.34. The molecule has 1 fully saturated rings. The van der Waals surface area contributed by atoms with Gasteiger partial charge in [0.05, 0.1) is 5.69 Å². The Kier molecular flexibility index (Phi) is 4.02. The molecular formula is C19H20N2OS. The first-order valence-corrected chi connectivity index (χ1v) is 9.01. The van der Waals surface area contributed by atoms with Gasteiger partial charge in [-0.15, -0.1) is 0 Å². The molecule has 1 atom stereocenters. The number of thiophene rings is 1. The molecule has 0 radical (unpaired) electrons. The molecule has 1 aliphatic rings. The molecule has 0 unspecified atom stereocenters. The van der Waals surface area contributed by atoms with E-state index in [0.717, 1.165) is 24.3 Å². The molecule has 2 aromatic heterocycles. The lowest BCUT2D eigenvalue weighted by Gasteiger charge is -2.22. The van der Waals surface area contributed by atoms with Gasteiger partial charge in [0.2, 0.25) is 5.89 Å². The Hall–Kier alpha value is -1.91. The van der Waals surface area contributed by atoms with Gasteiger partial charge in [0.25, 0.3) is 0 Å². The van der Waals surface area contributed by atoms with Crippen LogP contribution in [0.2, 0.25) is 0 Å². The summed E-state index contributed by atoms with van der Waals surface area (Å²) in [6, 6.07) is 11.1. The van der Waals surface area contributed by atoms with E-state index in [1.165, 1.54) is 24.0 Å². The van der Waals surface area contributed by atoms with Crippen molar-refractivity contribution < 1.29 is 4.42 Å². The standard InChI is InChI=1S/C19H20N2OS/c1-14-4-6-15(7-5-14)19-20-17(12-22-19)11-21-9-2-3-18(21)16-8-10-23-13-16/h4-8,10,12-13,18H,2-3,9,11H2,1H3/t18-/m1/s1. The van der Waals surface area contributed by atoms with Crippen LogP contribution in [-0.4, -0.2) is 16.4 Å². The summed E-state index contributed by atoms with van der Waals surface area (Å²) in [5, 5.41) is 4.43. The van der Waals surface area contributed by atoms with Gasteiger partial charge in [-0.2, -0.15) is 11.3 Å². The second kappa shape index (κ2) is 6.30. The van der Waals surface area contributed by atoms with Crippen molar-refractivity contribution in [2.75, 3.05) is 6.54 Å². The van der Waals surface area contributed by atoms with Crippen molar-refractivity contribution >= 4 is 11.3 Å². The Bertz CT molecular complexity index is 761. The normalized spacial score (nSPS) is 18.6. The third-order valence-electron chi connectivity index (χ3n) is 4.51. The number of hydrogen-bond donors (Lipinski definition) is 0. The van der Waals surface area contributed by atoms with Crippen molar-refractivity contribution in [1.29, 1.82) is 0 Å². The molecular weight excluding hydrogens is 304 g/mol. The van der Waals surface area contributed by atoms with E-state index in [4.69, 9.17) is 4.42 Å². The fourth-order valence-corrected chi connectivity index (χ4v) is 3.98. The number of aromatic nitrogens is 1. The van der Waals surface area contributed by atoms with E-state index >= 15 is 0 Å². The van der Waals surface area contributed by atoms with Crippen LogP contribution < -0.4 is 0 Å². The molecule has 0 bridgehead atoms. The SMILES string of the molecule is Cc1ccc(-c2nc(CN3CCC[C@@H]3c3ccsc3)co2)cc1. The van der Waals surface area contributed by atoms with Gasteiger partial charge in [-0.25, -0.2) is 4.98 Å². The number of oxazole rings is 1. The van der Waals surface area contributed by atoms with Crippen LogP contribution in [0.15, 0.2) is 51.8 Å². The molecule has 4 heteroatoms. The molecule has 3 heterocycles. The van der Waals surface area contributed by atoms with E-state index in [1.54, 1.807) is 17.6 Å². The Morgan fingerprint density at radius 2 is 2.13 bits per heavy atom. The maximum atomic E-state index is 5.69. The van der Waals surface area contributed by atoms with Crippen LogP contribution in [0.25, 0.3) is 11.5 Å². The topological polar surface area (TPSA) is 29.3 Å². The minimum Gasteiger partial charge on any atom is -0.444 e. The summed E-state index contributed by atoms with van der Waals surface area (Å²) in [4.78, 5) is 7.20. The van der Waals surface area contributed by atoms with Crippen LogP contribution >= 0.6 is 11.3 Å². The lowest BCUT2D eigenvalue weighted by Crippen LogP contribution is -2.22. The highest BCUT2D eigenvalue weighted by molar-refractivity contribution is 7.07. The van der Waals surface area contributed by atoms with Gasteiger partial charge in [0.15, 0.2) is 0 Å². The smallest absolute Gasteiger partial charge is 0.226 e. The quantitative estimate of drug-likeness (QED) is 0.672. The molecule has 3 aromatic rings. The van der Waals surface area contributed by atoms with Crippen LogP contribution in [0.1, 0.15) is 35.7 Å². The lowest BCUT2D eigenvalue weighted by molar-refractivity contribution is 0.246. The monoisotopic (exact) mass is 324 g/mol. The molecule has 118 valence electrons. The number of hydrogen-bond acceptors (Lipinski definition) is 4. The molecule has 4 rings (SSSR count). The second-order valence-corrected chi connectivity index (χ2v) is 6.98. The first-order valence-electron chi connectivity index (χ1n) is 8.07. The van der Waals surface area contributed by atoms with Crippen molar-refractivity contribution in [1.82, 2.24) is 9.88 Å². The Balaban J connectivity index is 1.50. The van der Waals surface area contributed by atoms with E-state index < -0.39 is 0 Å². The average molecular weight is 324 g/mol. The van der Waals surface area contributed by atoms with Gasteiger partial charge in [0.1, 0.15) is 6.26 Å². The summed E-state index contributed by atoms with van der Waals surface area (Å²) < 4.78 is 5.69. The van der Waals surface area contributed by atoms with E-state index in [-0.39, 0.29) is 0 Å². The average Bonchev–Trinajstić information content (AvgIpc) is 3.29. The maximum absolute atomic E-state index is 5.69. The first-order chi connectivity index (χ1) is 11.3. The molecule has 0 N–H and O–H groups in total. The highest BCUT2D eigenvalue weighted by atomic mass is 32.1. The molecule has 0 aliphatic carbocycles. The predicted octanol–water partition coefficient (Wildman–Crippen LogP) is 5.05. The number of nitrogens with zero attached hydrogens (tertiary/aromatic N) is 2. The van der Waals surface area contributed by atoms with Crippen LogP contribution in [-0.2, 0) is 6.54 Å². The zero-order valence-electron chi connectivity index (χ0n) is 13.2. The molecule has 0 spiro atoms. The first kappa shape index (κ1) is 14.7. The zero-order chi connectivity index (χ0) is 15.6. The lowest BCUT2D eigenvalue weighted by atomic mass is 10.1. The largest absolute Gasteiger partial charge is 0.444 e. The summed E-state index contributed by atoms with van der Waals surface area (Å²) in [7, 11) is 0. The van der Waals surface area contributed by atoms with Crippen LogP contribution in [0, 0.1) is 6.92 Å². The summed E-state index contributed by atoms with van der Waals surface area (Å²) in [5.74, 6) is 0.714. The van der Waals surface area contributed by atoms with Crippen LogP contribution in [0.5, 0.6) is 0 Å². The summed E-state index contributed by atoms with van der Waals surface area (Å²) in [5.41, 5.74) is 4.74. The van der Waals surface area contributed by atoms with Crippen molar-refractivity contribution in [3.05, 3.63) is 64.2 Å².